The number of aryl methyl sites for hydroxylation is 1. The lowest BCUT2D eigenvalue weighted by molar-refractivity contribution is -0.140. The minimum absolute atomic E-state index is 0.0411. The SMILES string of the molecule is CCCNC(=O)[C@H](C)N(Cc1ccc(C)cc1)C(=O)CCCN(c1cc(Cl)ccc1Cl)S(C)(=O)=O. The Morgan fingerprint density at radius 1 is 1.09 bits per heavy atom. The van der Waals surface area contributed by atoms with Crippen molar-refractivity contribution in [1.82, 2.24) is 10.2 Å². The highest BCUT2D eigenvalue weighted by Gasteiger charge is 2.27. The van der Waals surface area contributed by atoms with E-state index in [1.165, 1.54) is 17.0 Å². The molecule has 0 aromatic heterocycles. The Morgan fingerprint density at radius 2 is 1.74 bits per heavy atom. The van der Waals surface area contributed by atoms with Gasteiger partial charge in [-0.05, 0) is 50.5 Å². The first kappa shape index (κ1) is 28.9. The van der Waals surface area contributed by atoms with E-state index < -0.39 is 16.1 Å². The van der Waals surface area contributed by atoms with E-state index in [9.17, 15) is 18.0 Å². The van der Waals surface area contributed by atoms with Gasteiger partial charge in [0.05, 0.1) is 17.0 Å². The van der Waals surface area contributed by atoms with E-state index in [2.05, 4.69) is 5.32 Å². The van der Waals surface area contributed by atoms with Crippen LogP contribution < -0.4 is 9.62 Å². The van der Waals surface area contributed by atoms with Crippen molar-refractivity contribution < 1.29 is 18.0 Å². The molecule has 0 spiro atoms. The lowest BCUT2D eigenvalue weighted by atomic mass is 10.1. The minimum atomic E-state index is -3.67. The van der Waals surface area contributed by atoms with Gasteiger partial charge in [0, 0.05) is 31.1 Å². The summed E-state index contributed by atoms with van der Waals surface area (Å²) in [7, 11) is -3.67. The Morgan fingerprint density at radius 3 is 2.34 bits per heavy atom. The van der Waals surface area contributed by atoms with Crippen LogP contribution in [-0.2, 0) is 26.2 Å². The molecule has 2 rings (SSSR count). The summed E-state index contributed by atoms with van der Waals surface area (Å²) in [6.07, 6.45) is 2.16. The number of benzene rings is 2. The summed E-state index contributed by atoms with van der Waals surface area (Å²) in [4.78, 5) is 27.4. The van der Waals surface area contributed by atoms with Gasteiger partial charge in [0.25, 0.3) is 0 Å². The van der Waals surface area contributed by atoms with Gasteiger partial charge in [0.15, 0.2) is 0 Å². The van der Waals surface area contributed by atoms with Crippen LogP contribution in [-0.4, -0.2) is 50.5 Å². The second-order valence-corrected chi connectivity index (χ2v) is 11.3. The summed E-state index contributed by atoms with van der Waals surface area (Å²) in [5, 5.41) is 3.44. The number of carbonyl (C=O) groups is 2. The summed E-state index contributed by atoms with van der Waals surface area (Å²) < 4.78 is 26.0. The highest BCUT2D eigenvalue weighted by Crippen LogP contribution is 2.31. The molecule has 0 aliphatic heterocycles. The van der Waals surface area contributed by atoms with Gasteiger partial charge in [0.1, 0.15) is 6.04 Å². The third kappa shape index (κ3) is 8.70. The average Bonchev–Trinajstić information content (AvgIpc) is 2.80. The first-order chi connectivity index (χ1) is 16.4. The molecule has 1 atom stereocenters. The number of halogens is 2. The van der Waals surface area contributed by atoms with E-state index in [1.54, 1.807) is 13.0 Å². The van der Waals surface area contributed by atoms with Crippen LogP contribution in [0.25, 0.3) is 0 Å². The van der Waals surface area contributed by atoms with E-state index >= 15 is 0 Å². The number of amides is 2. The number of hydrogen-bond donors (Lipinski definition) is 1. The molecule has 0 fully saturated rings. The molecule has 0 aliphatic rings. The van der Waals surface area contributed by atoms with Crippen molar-refractivity contribution in [3.8, 4) is 0 Å². The molecule has 10 heteroatoms. The van der Waals surface area contributed by atoms with Gasteiger partial charge in [-0.3, -0.25) is 13.9 Å². The molecule has 7 nitrogen and oxygen atoms in total. The third-order valence-corrected chi connectivity index (χ3v) is 7.25. The number of nitrogens with zero attached hydrogens (tertiary/aromatic N) is 2. The molecule has 192 valence electrons. The van der Waals surface area contributed by atoms with Crippen LogP contribution in [0.15, 0.2) is 42.5 Å². The zero-order chi connectivity index (χ0) is 26.2. The highest BCUT2D eigenvalue weighted by molar-refractivity contribution is 7.92. The minimum Gasteiger partial charge on any atom is -0.354 e. The molecule has 0 radical (unpaired) electrons. The van der Waals surface area contributed by atoms with Gasteiger partial charge >= 0.3 is 0 Å². The molecule has 35 heavy (non-hydrogen) atoms. The van der Waals surface area contributed by atoms with Crippen LogP contribution in [0.1, 0.15) is 44.2 Å². The van der Waals surface area contributed by atoms with Crippen LogP contribution in [0.5, 0.6) is 0 Å². The third-order valence-electron chi connectivity index (χ3n) is 5.52. The topological polar surface area (TPSA) is 86.8 Å². The summed E-state index contributed by atoms with van der Waals surface area (Å²) >= 11 is 12.3. The first-order valence-corrected chi connectivity index (χ1v) is 14.1. The van der Waals surface area contributed by atoms with E-state index in [0.29, 0.717) is 11.6 Å². The zero-order valence-electron chi connectivity index (χ0n) is 20.6. The molecule has 0 unspecified atom stereocenters. The van der Waals surface area contributed by atoms with Gasteiger partial charge in [0.2, 0.25) is 21.8 Å². The normalized spacial score (nSPS) is 12.2. The van der Waals surface area contributed by atoms with E-state index in [4.69, 9.17) is 23.2 Å². The van der Waals surface area contributed by atoms with Crippen molar-refractivity contribution >= 4 is 50.7 Å². The lowest BCUT2D eigenvalue weighted by Gasteiger charge is -2.29. The molecule has 2 aromatic rings. The number of hydrogen-bond acceptors (Lipinski definition) is 4. The number of sulfonamides is 1. The fourth-order valence-electron chi connectivity index (χ4n) is 3.53. The maximum atomic E-state index is 13.3. The maximum Gasteiger partial charge on any atom is 0.242 e. The van der Waals surface area contributed by atoms with Crippen molar-refractivity contribution in [2.75, 3.05) is 23.7 Å². The largest absolute Gasteiger partial charge is 0.354 e. The van der Waals surface area contributed by atoms with Crippen molar-refractivity contribution in [1.29, 1.82) is 0 Å². The van der Waals surface area contributed by atoms with Gasteiger partial charge in [-0.1, -0.05) is 60.0 Å². The monoisotopic (exact) mass is 541 g/mol. The predicted octanol–water partition coefficient (Wildman–Crippen LogP) is 4.79. The Labute approximate surface area is 218 Å². The quantitative estimate of drug-likeness (QED) is 0.418. The second kappa shape index (κ2) is 13.1. The van der Waals surface area contributed by atoms with Crippen LogP contribution in [0.3, 0.4) is 0 Å². The van der Waals surface area contributed by atoms with Crippen LogP contribution in [0.4, 0.5) is 5.69 Å². The predicted molar refractivity (Wildman–Crippen MR) is 142 cm³/mol. The van der Waals surface area contributed by atoms with Crippen molar-refractivity contribution in [2.45, 2.75) is 52.6 Å². The second-order valence-electron chi connectivity index (χ2n) is 8.51. The molecule has 1 N–H and O–H groups in total. The first-order valence-electron chi connectivity index (χ1n) is 11.5. The Hall–Kier alpha value is -2.29. The van der Waals surface area contributed by atoms with Crippen molar-refractivity contribution in [3.63, 3.8) is 0 Å². The number of carbonyl (C=O) groups excluding carboxylic acids is 2. The van der Waals surface area contributed by atoms with Gasteiger partial charge in [-0.15, -0.1) is 0 Å². The van der Waals surface area contributed by atoms with Crippen LogP contribution >= 0.6 is 23.2 Å². The smallest absolute Gasteiger partial charge is 0.242 e. The summed E-state index contributed by atoms with van der Waals surface area (Å²) in [5.74, 6) is -0.467. The van der Waals surface area contributed by atoms with Gasteiger partial charge in [-0.25, -0.2) is 8.42 Å². The summed E-state index contributed by atoms with van der Waals surface area (Å²) in [6, 6.07) is 11.7. The van der Waals surface area contributed by atoms with E-state index in [0.717, 1.165) is 28.1 Å². The lowest BCUT2D eigenvalue weighted by Crippen LogP contribution is -2.47. The molecule has 0 bridgehead atoms. The molecular weight excluding hydrogens is 509 g/mol. The maximum absolute atomic E-state index is 13.3. The summed E-state index contributed by atoms with van der Waals surface area (Å²) in [5.41, 5.74) is 2.27. The summed E-state index contributed by atoms with van der Waals surface area (Å²) in [6.45, 7) is 6.48. The molecule has 2 aromatic carbocycles. The zero-order valence-corrected chi connectivity index (χ0v) is 22.9. The molecule has 0 saturated carbocycles. The Kier molecular flexibility index (Phi) is 10.9. The fraction of sp³-hybridized carbons (Fsp3) is 0.440. The van der Waals surface area contributed by atoms with Gasteiger partial charge < -0.3 is 10.2 Å². The van der Waals surface area contributed by atoms with Crippen LogP contribution in [0, 0.1) is 6.92 Å². The average molecular weight is 543 g/mol. The van der Waals surface area contributed by atoms with Crippen molar-refractivity contribution in [3.05, 3.63) is 63.6 Å². The highest BCUT2D eigenvalue weighted by atomic mass is 35.5. The number of nitrogens with one attached hydrogen (secondary N) is 1. The number of anilines is 1. The van der Waals surface area contributed by atoms with E-state index in [-0.39, 0.29) is 48.5 Å². The molecule has 0 heterocycles. The molecular formula is C25H33Cl2N3O4S. The molecule has 0 saturated heterocycles. The Bertz CT molecular complexity index is 1120. The standard InChI is InChI=1S/C25H33Cl2N3O4S/c1-5-14-28-25(32)19(3)29(17-20-10-8-18(2)9-11-20)24(31)7-6-15-30(35(4,33)34)23-16-21(26)12-13-22(23)27/h8-13,16,19H,5-7,14-15,17H2,1-4H3,(H,28,32)/t19-/m0/s1. The molecule has 0 aliphatic carbocycles. The molecule has 2 amide bonds. The van der Waals surface area contributed by atoms with E-state index in [1.807, 2.05) is 38.1 Å². The number of rotatable bonds is 12. The van der Waals surface area contributed by atoms with Crippen LogP contribution in [0.2, 0.25) is 10.0 Å². The van der Waals surface area contributed by atoms with Gasteiger partial charge in [-0.2, -0.15) is 0 Å². The Balaban J connectivity index is 2.18. The fourth-order valence-corrected chi connectivity index (χ4v) is 4.93. The van der Waals surface area contributed by atoms with Crippen molar-refractivity contribution in [2.24, 2.45) is 0 Å².